The lowest BCUT2D eigenvalue weighted by Gasteiger charge is -2.24. The van der Waals surface area contributed by atoms with Crippen LogP contribution in [0.4, 0.5) is 19.0 Å². The molecule has 4 atom stereocenters. The Balaban J connectivity index is 1.14. The maximum Gasteiger partial charge on any atom is 0.416 e. The summed E-state index contributed by atoms with van der Waals surface area (Å²) in [7, 11) is 0. The van der Waals surface area contributed by atoms with Gasteiger partial charge >= 0.3 is 6.18 Å². The summed E-state index contributed by atoms with van der Waals surface area (Å²) in [6.45, 7) is 2.54. The van der Waals surface area contributed by atoms with E-state index in [9.17, 15) is 18.0 Å². The van der Waals surface area contributed by atoms with Gasteiger partial charge in [-0.25, -0.2) is 9.97 Å². The number of nitrogens with zero attached hydrogens (tertiary/aromatic N) is 4. The molecule has 2 aliphatic heterocycles. The Kier molecular flexibility index (Phi) is 7.08. The monoisotopic (exact) mass is 542 g/mol. The van der Waals surface area contributed by atoms with E-state index in [0.29, 0.717) is 25.2 Å². The van der Waals surface area contributed by atoms with E-state index >= 15 is 0 Å². The van der Waals surface area contributed by atoms with Gasteiger partial charge in [-0.1, -0.05) is 0 Å². The lowest BCUT2D eigenvalue weighted by atomic mass is 10.1. The Labute approximate surface area is 223 Å². The Morgan fingerprint density at radius 2 is 2.08 bits per heavy atom. The topological polar surface area (TPSA) is 102 Å². The molecule has 0 radical (unpaired) electrons. The van der Waals surface area contributed by atoms with Gasteiger partial charge in [-0.3, -0.25) is 14.7 Å². The lowest BCUT2D eigenvalue weighted by Crippen LogP contribution is -2.46. The number of likely N-dealkylation sites (tertiary alicyclic amines) is 1. The Morgan fingerprint density at radius 3 is 2.90 bits per heavy atom. The molecule has 0 bridgehead atoms. The zero-order valence-corrected chi connectivity index (χ0v) is 21.2. The van der Waals surface area contributed by atoms with Gasteiger partial charge in [0.15, 0.2) is 0 Å². The molecule has 2 saturated heterocycles. The van der Waals surface area contributed by atoms with Crippen molar-refractivity contribution in [3.8, 4) is 0 Å². The van der Waals surface area contributed by atoms with E-state index in [1.165, 1.54) is 18.0 Å². The molecule has 0 saturated carbocycles. The normalized spacial score (nSPS) is 25.2. The quantitative estimate of drug-likeness (QED) is 0.470. The van der Waals surface area contributed by atoms with Gasteiger partial charge in [0.25, 0.3) is 0 Å². The number of amides is 1. The molecule has 2 fully saturated rings. The highest BCUT2D eigenvalue weighted by Gasteiger charge is 2.41. The Morgan fingerprint density at radius 1 is 1.18 bits per heavy atom. The molecule has 4 heterocycles. The number of ether oxygens (including phenoxy) is 2. The minimum atomic E-state index is -4.50. The second-order valence-corrected chi connectivity index (χ2v) is 10.2. The van der Waals surface area contributed by atoms with Crippen molar-refractivity contribution in [3.05, 3.63) is 59.7 Å². The number of anilines is 1. The average molecular weight is 543 g/mol. The number of aryl methyl sites for hydroxylation is 1. The van der Waals surface area contributed by atoms with Crippen LogP contribution in [0, 0.1) is 0 Å². The zero-order valence-electron chi connectivity index (χ0n) is 21.2. The maximum atomic E-state index is 13.2. The highest BCUT2D eigenvalue weighted by atomic mass is 19.4. The molecular formula is C27H29F3N6O3. The molecule has 2 aromatic heterocycles. The molecule has 1 aliphatic carbocycles. The first-order valence-corrected chi connectivity index (χ1v) is 13.1. The zero-order chi connectivity index (χ0) is 27.0. The van der Waals surface area contributed by atoms with E-state index < -0.39 is 11.7 Å². The van der Waals surface area contributed by atoms with Crippen LogP contribution in [0.25, 0.3) is 10.9 Å². The number of rotatable bonds is 7. The minimum absolute atomic E-state index is 0.0551. The third-order valence-corrected chi connectivity index (χ3v) is 7.75. The summed E-state index contributed by atoms with van der Waals surface area (Å²) in [6, 6.07) is 5.30. The van der Waals surface area contributed by atoms with Crippen LogP contribution in [0.5, 0.6) is 0 Å². The van der Waals surface area contributed by atoms with Gasteiger partial charge in [-0.05, 0) is 54.7 Å². The van der Waals surface area contributed by atoms with Crippen molar-refractivity contribution in [2.45, 2.75) is 49.7 Å². The average Bonchev–Trinajstić information content (AvgIpc) is 3.68. The standard InChI is InChI=1S/C27H29F3N6O3/c28-27(29,30)17-2-3-21-20(9-17)26(34-15-33-21)32-11-25(37)35-22-12-36(18-6-8-38-14-18)13-24(22)39-23-4-1-16-10-31-7-5-19(16)23/h2-3,5,7,9-10,15,18,22-24H,1,4,6,8,11-14H2,(H,35,37)(H,32,33,34)/t18?,22?,23?,24-/m0/s1. The first-order chi connectivity index (χ1) is 18.8. The number of carbonyl (C=O) groups is 1. The summed E-state index contributed by atoms with van der Waals surface area (Å²) in [5, 5.41) is 6.18. The van der Waals surface area contributed by atoms with Crippen molar-refractivity contribution in [1.29, 1.82) is 0 Å². The van der Waals surface area contributed by atoms with Crippen LogP contribution in [0.2, 0.25) is 0 Å². The third-order valence-electron chi connectivity index (χ3n) is 7.75. The number of benzene rings is 1. The predicted octanol–water partition coefficient (Wildman–Crippen LogP) is 3.12. The highest BCUT2D eigenvalue weighted by molar-refractivity contribution is 5.91. The van der Waals surface area contributed by atoms with Crippen LogP contribution in [0.15, 0.2) is 43.0 Å². The molecule has 1 amide bonds. The Bertz CT molecular complexity index is 1350. The summed E-state index contributed by atoms with van der Waals surface area (Å²) >= 11 is 0. The van der Waals surface area contributed by atoms with E-state index in [2.05, 4.69) is 30.5 Å². The van der Waals surface area contributed by atoms with E-state index in [4.69, 9.17) is 9.47 Å². The molecular weight excluding hydrogens is 513 g/mol. The van der Waals surface area contributed by atoms with Crippen LogP contribution in [0.3, 0.4) is 0 Å². The second-order valence-electron chi connectivity index (χ2n) is 10.2. The van der Waals surface area contributed by atoms with Gasteiger partial charge in [-0.15, -0.1) is 0 Å². The van der Waals surface area contributed by atoms with Gasteiger partial charge in [0.1, 0.15) is 12.1 Å². The van der Waals surface area contributed by atoms with Crippen LogP contribution < -0.4 is 10.6 Å². The molecule has 2 N–H and O–H groups in total. The smallest absolute Gasteiger partial charge is 0.380 e. The highest BCUT2D eigenvalue weighted by Crippen LogP contribution is 2.36. The fraction of sp³-hybridized carbons (Fsp3) is 0.481. The maximum absolute atomic E-state index is 13.2. The Hall–Kier alpha value is -3.35. The number of aromatic nitrogens is 3. The summed E-state index contributed by atoms with van der Waals surface area (Å²) in [5.41, 5.74) is 1.89. The van der Waals surface area contributed by atoms with Crippen LogP contribution in [0.1, 0.15) is 35.6 Å². The predicted molar refractivity (Wildman–Crippen MR) is 136 cm³/mol. The lowest BCUT2D eigenvalue weighted by molar-refractivity contribution is -0.137. The van der Waals surface area contributed by atoms with Crippen molar-refractivity contribution < 1.29 is 27.4 Å². The van der Waals surface area contributed by atoms with Gasteiger partial charge in [0.05, 0.1) is 42.5 Å². The molecule has 0 spiro atoms. The second kappa shape index (κ2) is 10.7. The number of fused-ring (bicyclic) bond motifs is 2. The van der Waals surface area contributed by atoms with Crippen LogP contribution in [-0.2, 0) is 26.9 Å². The fourth-order valence-electron chi connectivity index (χ4n) is 5.74. The molecule has 9 nitrogen and oxygen atoms in total. The SMILES string of the molecule is O=C(CNc1ncnc2ccc(C(F)(F)F)cc12)NC1CN(C2CCOC2)C[C@@H]1OC1CCc2cnccc21. The van der Waals surface area contributed by atoms with Crippen molar-refractivity contribution in [1.82, 2.24) is 25.2 Å². The van der Waals surface area contributed by atoms with Crippen LogP contribution >= 0.6 is 0 Å². The van der Waals surface area contributed by atoms with Gasteiger partial charge in [-0.2, -0.15) is 13.2 Å². The number of hydrogen-bond acceptors (Lipinski definition) is 8. The van der Waals surface area contributed by atoms with E-state index in [-0.39, 0.29) is 47.9 Å². The molecule has 3 unspecified atom stereocenters. The van der Waals surface area contributed by atoms with Crippen molar-refractivity contribution >= 4 is 22.6 Å². The van der Waals surface area contributed by atoms with Crippen molar-refractivity contribution in [3.63, 3.8) is 0 Å². The van der Waals surface area contributed by atoms with Crippen molar-refractivity contribution in [2.75, 3.05) is 38.2 Å². The number of carbonyl (C=O) groups excluding carboxylic acids is 1. The van der Waals surface area contributed by atoms with E-state index in [1.807, 2.05) is 12.3 Å². The molecule has 3 aliphatic rings. The van der Waals surface area contributed by atoms with Gasteiger partial charge in [0, 0.05) is 43.5 Å². The summed E-state index contributed by atoms with van der Waals surface area (Å²) in [5.74, 6) is -0.130. The molecule has 12 heteroatoms. The minimum Gasteiger partial charge on any atom is -0.380 e. The number of alkyl halides is 3. The number of pyridine rings is 1. The van der Waals surface area contributed by atoms with E-state index in [0.717, 1.165) is 43.6 Å². The summed E-state index contributed by atoms with van der Waals surface area (Å²) in [6.07, 6.45) is 2.86. The molecule has 6 rings (SSSR count). The first kappa shape index (κ1) is 25.9. The largest absolute Gasteiger partial charge is 0.416 e. The summed E-state index contributed by atoms with van der Waals surface area (Å²) in [4.78, 5) is 27.7. The first-order valence-electron chi connectivity index (χ1n) is 13.1. The number of nitrogens with one attached hydrogen (secondary N) is 2. The van der Waals surface area contributed by atoms with Crippen molar-refractivity contribution in [2.24, 2.45) is 0 Å². The molecule has 39 heavy (non-hydrogen) atoms. The number of hydrogen-bond donors (Lipinski definition) is 2. The molecule has 1 aromatic carbocycles. The third kappa shape index (κ3) is 5.54. The van der Waals surface area contributed by atoms with E-state index in [1.54, 1.807) is 6.20 Å². The van der Waals surface area contributed by atoms with Crippen LogP contribution in [-0.4, -0.2) is 76.8 Å². The number of halogens is 3. The van der Waals surface area contributed by atoms with Gasteiger partial charge in [0.2, 0.25) is 5.91 Å². The van der Waals surface area contributed by atoms with Gasteiger partial charge < -0.3 is 20.1 Å². The molecule has 3 aromatic rings. The fourth-order valence-corrected chi connectivity index (χ4v) is 5.74. The summed E-state index contributed by atoms with van der Waals surface area (Å²) < 4.78 is 51.9. The molecule has 206 valence electrons.